The highest BCUT2D eigenvalue weighted by Crippen LogP contribution is 2.31. The smallest absolute Gasteiger partial charge is 0.0931 e. The number of hydrogen-bond donors (Lipinski definition) is 1. The second-order valence-corrected chi connectivity index (χ2v) is 8.01. The van der Waals surface area contributed by atoms with Crippen molar-refractivity contribution in [1.29, 1.82) is 0 Å². The van der Waals surface area contributed by atoms with Crippen molar-refractivity contribution in [3.63, 3.8) is 0 Å². The topological polar surface area (TPSA) is 15.3 Å². The molecule has 0 unspecified atom stereocenters. The first kappa shape index (κ1) is 15.3. The van der Waals surface area contributed by atoms with E-state index in [9.17, 15) is 0 Å². The predicted molar refractivity (Wildman–Crippen MR) is 85.1 cm³/mol. The van der Waals surface area contributed by atoms with Crippen molar-refractivity contribution in [2.24, 2.45) is 0 Å². The van der Waals surface area contributed by atoms with Crippen LogP contribution in [0.25, 0.3) is 0 Å². The van der Waals surface area contributed by atoms with Gasteiger partial charge in [-0.3, -0.25) is 4.90 Å². The van der Waals surface area contributed by atoms with Crippen LogP contribution in [0.15, 0.2) is 12.1 Å². The van der Waals surface area contributed by atoms with Gasteiger partial charge in [0.1, 0.15) is 0 Å². The molecule has 108 valence electrons. The largest absolute Gasteiger partial charge is 0.308 e. The third-order valence-electron chi connectivity index (χ3n) is 4.57. The van der Waals surface area contributed by atoms with Gasteiger partial charge in [-0.1, -0.05) is 25.4 Å². The Labute approximate surface area is 126 Å². The number of halogens is 1. The van der Waals surface area contributed by atoms with Crippen molar-refractivity contribution in [2.75, 3.05) is 13.1 Å². The van der Waals surface area contributed by atoms with Crippen LogP contribution < -0.4 is 5.32 Å². The summed E-state index contributed by atoms with van der Waals surface area (Å²) in [5.74, 6) is 0. The van der Waals surface area contributed by atoms with Crippen LogP contribution in [0.4, 0.5) is 0 Å². The number of thiophene rings is 1. The molecule has 2 nitrogen and oxygen atoms in total. The Balaban J connectivity index is 2.14. The molecule has 2 rings (SSSR count). The van der Waals surface area contributed by atoms with Crippen LogP contribution in [-0.4, -0.2) is 29.1 Å². The summed E-state index contributed by atoms with van der Waals surface area (Å²) >= 11 is 7.75. The van der Waals surface area contributed by atoms with Crippen LogP contribution in [0, 0.1) is 0 Å². The molecule has 2 heterocycles. The van der Waals surface area contributed by atoms with Crippen LogP contribution in [0.1, 0.15) is 45.4 Å². The maximum Gasteiger partial charge on any atom is 0.0931 e. The molecular formula is C15H25ClN2S. The molecular weight excluding hydrogens is 276 g/mol. The van der Waals surface area contributed by atoms with Crippen LogP contribution in [0.2, 0.25) is 4.34 Å². The van der Waals surface area contributed by atoms with Gasteiger partial charge in [0.15, 0.2) is 0 Å². The molecule has 1 aliphatic rings. The van der Waals surface area contributed by atoms with Crippen molar-refractivity contribution in [1.82, 2.24) is 10.2 Å². The lowest BCUT2D eigenvalue weighted by molar-refractivity contribution is 0.0169. The Kier molecular flexibility index (Phi) is 4.61. The van der Waals surface area contributed by atoms with Gasteiger partial charge in [0.2, 0.25) is 0 Å². The van der Waals surface area contributed by atoms with Gasteiger partial charge in [0.25, 0.3) is 0 Å². The summed E-state index contributed by atoms with van der Waals surface area (Å²) in [6, 6.07) is 4.16. The summed E-state index contributed by atoms with van der Waals surface area (Å²) < 4.78 is 0.889. The first-order valence-corrected chi connectivity index (χ1v) is 8.34. The third-order valence-corrected chi connectivity index (χ3v) is 5.79. The van der Waals surface area contributed by atoms with Crippen LogP contribution >= 0.6 is 22.9 Å². The van der Waals surface area contributed by atoms with Crippen molar-refractivity contribution >= 4 is 22.9 Å². The lowest BCUT2D eigenvalue weighted by atomic mass is 9.85. The van der Waals surface area contributed by atoms with Gasteiger partial charge in [-0.2, -0.15) is 0 Å². The minimum Gasteiger partial charge on any atom is -0.308 e. The zero-order chi connectivity index (χ0) is 14.1. The van der Waals surface area contributed by atoms with E-state index in [0.29, 0.717) is 0 Å². The minimum absolute atomic E-state index is 0.199. The Hall–Kier alpha value is -0.0900. The fourth-order valence-corrected chi connectivity index (χ4v) is 3.87. The molecule has 0 bridgehead atoms. The average molecular weight is 301 g/mol. The number of nitrogens with one attached hydrogen (secondary N) is 1. The van der Waals surface area contributed by atoms with E-state index >= 15 is 0 Å². The standard InChI is InChI=1S/C15H25ClN2S/c1-5-15(6-2)11-18(14(3,4)10-17-15)9-12-7-8-13(16)19-12/h7-8,17H,5-6,9-11H2,1-4H3. The molecule has 1 aromatic rings. The van der Waals surface area contributed by atoms with E-state index in [4.69, 9.17) is 11.6 Å². The zero-order valence-electron chi connectivity index (χ0n) is 12.4. The maximum absolute atomic E-state index is 6.05. The highest BCUT2D eigenvalue weighted by atomic mass is 35.5. The van der Waals surface area contributed by atoms with Crippen molar-refractivity contribution in [3.8, 4) is 0 Å². The summed E-state index contributed by atoms with van der Waals surface area (Å²) in [5.41, 5.74) is 0.473. The number of piperazine rings is 1. The van der Waals surface area contributed by atoms with Gasteiger partial charge in [-0.25, -0.2) is 0 Å². The molecule has 1 aliphatic heterocycles. The summed E-state index contributed by atoms with van der Waals surface area (Å²) in [7, 11) is 0. The van der Waals surface area contributed by atoms with E-state index in [0.717, 1.165) is 24.0 Å². The monoisotopic (exact) mass is 300 g/mol. The summed E-state index contributed by atoms with van der Waals surface area (Å²) in [5, 5.41) is 3.78. The van der Waals surface area contributed by atoms with Gasteiger partial charge in [-0.05, 0) is 38.8 Å². The van der Waals surface area contributed by atoms with Crippen molar-refractivity contribution < 1.29 is 0 Å². The minimum atomic E-state index is 0.199. The SMILES string of the molecule is CCC1(CC)CN(Cc2ccc(Cl)s2)C(C)(C)CN1. The van der Waals surface area contributed by atoms with Crippen LogP contribution in [0.3, 0.4) is 0 Å². The first-order chi connectivity index (χ1) is 8.91. The Morgan fingerprint density at radius 3 is 2.53 bits per heavy atom. The molecule has 0 saturated carbocycles. The van der Waals surface area contributed by atoms with E-state index in [1.807, 2.05) is 6.07 Å². The normalized spacial score (nSPS) is 22.6. The highest BCUT2D eigenvalue weighted by molar-refractivity contribution is 7.16. The van der Waals surface area contributed by atoms with Crippen molar-refractivity contribution in [2.45, 2.75) is 58.2 Å². The molecule has 0 amide bonds. The van der Waals surface area contributed by atoms with Crippen molar-refractivity contribution in [3.05, 3.63) is 21.3 Å². The molecule has 0 aliphatic carbocycles. The summed E-state index contributed by atoms with van der Waals surface area (Å²) in [4.78, 5) is 3.97. The molecule has 1 saturated heterocycles. The molecule has 0 spiro atoms. The van der Waals surface area contributed by atoms with Crippen LogP contribution in [-0.2, 0) is 6.54 Å². The number of nitrogens with zero attached hydrogens (tertiary/aromatic N) is 1. The lowest BCUT2D eigenvalue weighted by Crippen LogP contribution is -2.67. The third kappa shape index (κ3) is 3.33. The van der Waals surface area contributed by atoms with E-state index < -0.39 is 0 Å². The number of rotatable bonds is 4. The highest BCUT2D eigenvalue weighted by Gasteiger charge is 2.40. The molecule has 19 heavy (non-hydrogen) atoms. The quantitative estimate of drug-likeness (QED) is 0.899. The van der Waals surface area contributed by atoms with Gasteiger partial charge >= 0.3 is 0 Å². The number of hydrogen-bond acceptors (Lipinski definition) is 3. The molecule has 0 aromatic carbocycles. The van der Waals surface area contributed by atoms with Gasteiger partial charge in [-0.15, -0.1) is 11.3 Å². The molecule has 1 N–H and O–H groups in total. The zero-order valence-corrected chi connectivity index (χ0v) is 14.0. The van der Waals surface area contributed by atoms with E-state index in [2.05, 4.69) is 44.0 Å². The Bertz CT molecular complexity index is 424. The van der Waals surface area contributed by atoms with Gasteiger partial charge in [0.05, 0.1) is 4.34 Å². The predicted octanol–water partition coefficient (Wildman–Crippen LogP) is 4.14. The van der Waals surface area contributed by atoms with E-state index in [1.165, 1.54) is 17.7 Å². The average Bonchev–Trinajstić information content (AvgIpc) is 2.78. The van der Waals surface area contributed by atoms with Crippen LogP contribution in [0.5, 0.6) is 0 Å². The lowest BCUT2D eigenvalue weighted by Gasteiger charge is -2.51. The fourth-order valence-electron chi connectivity index (χ4n) is 2.77. The second kappa shape index (κ2) is 5.72. The maximum atomic E-state index is 6.05. The molecule has 0 radical (unpaired) electrons. The van der Waals surface area contributed by atoms with E-state index in [-0.39, 0.29) is 11.1 Å². The Morgan fingerprint density at radius 2 is 2.00 bits per heavy atom. The molecule has 1 fully saturated rings. The molecule has 1 aromatic heterocycles. The van der Waals surface area contributed by atoms with Gasteiger partial charge in [0, 0.05) is 35.6 Å². The molecule has 4 heteroatoms. The second-order valence-electron chi connectivity index (χ2n) is 6.22. The summed E-state index contributed by atoms with van der Waals surface area (Å²) in [6.45, 7) is 12.4. The summed E-state index contributed by atoms with van der Waals surface area (Å²) in [6.07, 6.45) is 2.36. The Morgan fingerprint density at radius 1 is 1.32 bits per heavy atom. The molecule has 0 atom stereocenters. The van der Waals surface area contributed by atoms with E-state index in [1.54, 1.807) is 11.3 Å². The fraction of sp³-hybridized carbons (Fsp3) is 0.733. The van der Waals surface area contributed by atoms with Gasteiger partial charge < -0.3 is 5.32 Å². The first-order valence-electron chi connectivity index (χ1n) is 7.15.